The lowest BCUT2D eigenvalue weighted by atomic mass is 10.1. The van der Waals surface area contributed by atoms with Crippen molar-refractivity contribution in [1.29, 1.82) is 0 Å². The lowest BCUT2D eigenvalue weighted by molar-refractivity contribution is -0.121. The molecule has 20 heavy (non-hydrogen) atoms. The van der Waals surface area contributed by atoms with Gasteiger partial charge in [-0.25, -0.2) is 0 Å². The lowest BCUT2D eigenvalue weighted by Crippen LogP contribution is -2.26. The zero-order valence-electron chi connectivity index (χ0n) is 12.3. The first-order valence-corrected chi connectivity index (χ1v) is 7.87. The Balaban J connectivity index is 1.47. The second-order valence-electron chi connectivity index (χ2n) is 5.59. The van der Waals surface area contributed by atoms with E-state index in [4.69, 9.17) is 0 Å². The number of hydrogen-bond donors (Lipinski definition) is 1. The topological polar surface area (TPSA) is 32.3 Å². The first-order valence-electron chi connectivity index (χ1n) is 7.87. The molecule has 1 saturated heterocycles. The minimum Gasteiger partial charge on any atom is -0.356 e. The van der Waals surface area contributed by atoms with Crippen molar-refractivity contribution in [3.8, 4) is 0 Å². The van der Waals surface area contributed by atoms with Gasteiger partial charge in [-0.3, -0.25) is 4.79 Å². The van der Waals surface area contributed by atoms with Gasteiger partial charge in [0.25, 0.3) is 0 Å². The molecule has 1 heterocycles. The van der Waals surface area contributed by atoms with Crippen molar-refractivity contribution in [1.82, 2.24) is 10.2 Å². The van der Waals surface area contributed by atoms with Gasteiger partial charge in [-0.1, -0.05) is 30.3 Å². The molecule has 110 valence electrons. The summed E-state index contributed by atoms with van der Waals surface area (Å²) in [4.78, 5) is 14.2. The minimum absolute atomic E-state index is 0.176. The van der Waals surface area contributed by atoms with Crippen LogP contribution in [-0.2, 0) is 11.2 Å². The molecule has 3 nitrogen and oxygen atoms in total. The van der Waals surface area contributed by atoms with Gasteiger partial charge in [0.1, 0.15) is 0 Å². The second-order valence-corrected chi connectivity index (χ2v) is 5.59. The molecule has 1 amide bonds. The van der Waals surface area contributed by atoms with Gasteiger partial charge in [0.05, 0.1) is 0 Å². The third-order valence-electron chi connectivity index (χ3n) is 3.91. The monoisotopic (exact) mass is 274 g/mol. The van der Waals surface area contributed by atoms with Gasteiger partial charge in [0, 0.05) is 13.0 Å². The van der Waals surface area contributed by atoms with Gasteiger partial charge >= 0.3 is 0 Å². The Kier molecular flexibility index (Phi) is 6.58. The molecule has 1 fully saturated rings. The summed E-state index contributed by atoms with van der Waals surface area (Å²) < 4.78 is 0. The normalized spacial score (nSPS) is 15.4. The van der Waals surface area contributed by atoms with Crippen LogP contribution in [0.25, 0.3) is 0 Å². The molecule has 1 aliphatic heterocycles. The summed E-state index contributed by atoms with van der Waals surface area (Å²) in [6, 6.07) is 10.2. The molecule has 1 N–H and O–H groups in total. The molecule has 0 atom stereocenters. The maximum absolute atomic E-state index is 11.7. The molecule has 0 unspecified atom stereocenters. The molecule has 0 saturated carbocycles. The minimum atomic E-state index is 0.176. The quantitative estimate of drug-likeness (QED) is 0.739. The van der Waals surface area contributed by atoms with Crippen LogP contribution in [-0.4, -0.2) is 37.0 Å². The van der Waals surface area contributed by atoms with Crippen LogP contribution in [0, 0.1) is 0 Å². The van der Waals surface area contributed by atoms with E-state index in [1.54, 1.807) is 0 Å². The average molecular weight is 274 g/mol. The molecule has 1 aliphatic rings. The van der Waals surface area contributed by atoms with Crippen molar-refractivity contribution in [2.24, 2.45) is 0 Å². The van der Waals surface area contributed by atoms with E-state index in [1.165, 1.54) is 44.5 Å². The van der Waals surface area contributed by atoms with Crippen LogP contribution < -0.4 is 5.32 Å². The summed E-state index contributed by atoms with van der Waals surface area (Å²) in [6.07, 6.45) is 6.43. The highest BCUT2D eigenvalue weighted by Crippen LogP contribution is 2.08. The lowest BCUT2D eigenvalue weighted by Gasteiger charge is -2.14. The first-order chi connectivity index (χ1) is 9.84. The van der Waals surface area contributed by atoms with Gasteiger partial charge < -0.3 is 10.2 Å². The number of likely N-dealkylation sites (tertiary alicyclic amines) is 1. The second kappa shape index (κ2) is 8.75. The fraction of sp³-hybridized carbons (Fsp3) is 0.588. The van der Waals surface area contributed by atoms with E-state index in [-0.39, 0.29) is 5.91 Å². The van der Waals surface area contributed by atoms with Crippen molar-refractivity contribution < 1.29 is 4.79 Å². The van der Waals surface area contributed by atoms with Gasteiger partial charge in [0.2, 0.25) is 5.91 Å². The van der Waals surface area contributed by atoms with E-state index >= 15 is 0 Å². The summed E-state index contributed by atoms with van der Waals surface area (Å²) >= 11 is 0. The number of carbonyl (C=O) groups is 1. The Bertz CT molecular complexity index is 385. The SMILES string of the molecule is O=C(CCc1ccccc1)NCCCCN1CCCC1. The number of benzene rings is 1. The number of hydrogen-bond acceptors (Lipinski definition) is 2. The molecule has 0 aliphatic carbocycles. The molecular weight excluding hydrogens is 248 g/mol. The predicted octanol–water partition coefficient (Wildman–Crippen LogP) is 2.61. The average Bonchev–Trinajstić information content (AvgIpc) is 2.99. The van der Waals surface area contributed by atoms with Crippen LogP contribution in [0.3, 0.4) is 0 Å². The molecule has 3 heteroatoms. The molecule has 0 bridgehead atoms. The number of aryl methyl sites for hydroxylation is 1. The Labute approximate surface area is 122 Å². The largest absolute Gasteiger partial charge is 0.356 e. The fourth-order valence-corrected chi connectivity index (χ4v) is 2.69. The molecule has 0 aromatic heterocycles. The van der Waals surface area contributed by atoms with Crippen LogP contribution in [0.5, 0.6) is 0 Å². The third-order valence-corrected chi connectivity index (χ3v) is 3.91. The van der Waals surface area contributed by atoms with Gasteiger partial charge in [-0.15, -0.1) is 0 Å². The number of carbonyl (C=O) groups excluding carboxylic acids is 1. The van der Waals surface area contributed by atoms with Crippen LogP contribution in [0.4, 0.5) is 0 Å². The van der Waals surface area contributed by atoms with Crippen molar-refractivity contribution in [3.05, 3.63) is 35.9 Å². The standard InChI is InChI=1S/C17H26N2O/c20-17(11-10-16-8-2-1-3-9-16)18-12-4-5-13-19-14-6-7-15-19/h1-3,8-9H,4-7,10-15H2,(H,18,20). The number of amides is 1. The Morgan fingerprint density at radius 1 is 1.10 bits per heavy atom. The Morgan fingerprint density at radius 2 is 1.85 bits per heavy atom. The molecule has 2 rings (SSSR count). The zero-order valence-corrected chi connectivity index (χ0v) is 12.3. The smallest absolute Gasteiger partial charge is 0.220 e. The Hall–Kier alpha value is -1.35. The Morgan fingerprint density at radius 3 is 2.60 bits per heavy atom. The van der Waals surface area contributed by atoms with Crippen LogP contribution >= 0.6 is 0 Å². The molecule has 0 radical (unpaired) electrons. The highest BCUT2D eigenvalue weighted by molar-refractivity contribution is 5.76. The van der Waals surface area contributed by atoms with Crippen molar-refractivity contribution in [3.63, 3.8) is 0 Å². The maximum atomic E-state index is 11.7. The highest BCUT2D eigenvalue weighted by Gasteiger charge is 2.10. The van der Waals surface area contributed by atoms with E-state index in [1.807, 2.05) is 18.2 Å². The molecule has 0 spiro atoms. The van der Waals surface area contributed by atoms with Crippen molar-refractivity contribution >= 4 is 5.91 Å². The summed E-state index contributed by atoms with van der Waals surface area (Å²) in [5.74, 6) is 0.176. The van der Waals surface area contributed by atoms with Crippen LogP contribution in [0.2, 0.25) is 0 Å². The molecule has 1 aromatic rings. The van der Waals surface area contributed by atoms with Gasteiger partial charge in [-0.05, 0) is 57.3 Å². The number of nitrogens with zero attached hydrogens (tertiary/aromatic N) is 1. The summed E-state index contributed by atoms with van der Waals surface area (Å²) in [5, 5.41) is 3.02. The maximum Gasteiger partial charge on any atom is 0.220 e. The molecular formula is C17H26N2O. The van der Waals surface area contributed by atoms with Gasteiger partial charge in [0.15, 0.2) is 0 Å². The van der Waals surface area contributed by atoms with E-state index in [0.29, 0.717) is 6.42 Å². The van der Waals surface area contributed by atoms with E-state index in [0.717, 1.165) is 19.4 Å². The number of unbranched alkanes of at least 4 members (excludes halogenated alkanes) is 1. The summed E-state index contributed by atoms with van der Waals surface area (Å²) in [6.45, 7) is 4.55. The van der Waals surface area contributed by atoms with E-state index in [2.05, 4.69) is 22.3 Å². The molecule has 1 aromatic carbocycles. The van der Waals surface area contributed by atoms with Crippen LogP contribution in [0.15, 0.2) is 30.3 Å². The fourth-order valence-electron chi connectivity index (χ4n) is 2.69. The van der Waals surface area contributed by atoms with E-state index < -0.39 is 0 Å². The summed E-state index contributed by atoms with van der Waals surface area (Å²) in [7, 11) is 0. The highest BCUT2D eigenvalue weighted by atomic mass is 16.1. The van der Waals surface area contributed by atoms with E-state index in [9.17, 15) is 4.79 Å². The van der Waals surface area contributed by atoms with Crippen LogP contribution in [0.1, 0.15) is 37.7 Å². The number of rotatable bonds is 8. The predicted molar refractivity (Wildman–Crippen MR) is 82.7 cm³/mol. The zero-order chi connectivity index (χ0) is 14.0. The third kappa shape index (κ3) is 5.74. The van der Waals surface area contributed by atoms with Crippen molar-refractivity contribution in [2.45, 2.75) is 38.5 Å². The summed E-state index contributed by atoms with van der Waals surface area (Å²) in [5.41, 5.74) is 1.23. The van der Waals surface area contributed by atoms with Crippen molar-refractivity contribution in [2.75, 3.05) is 26.2 Å². The van der Waals surface area contributed by atoms with Gasteiger partial charge in [-0.2, -0.15) is 0 Å². The first kappa shape index (κ1) is 15.0. The number of nitrogens with one attached hydrogen (secondary N) is 1.